The maximum atomic E-state index is 12.8. The summed E-state index contributed by atoms with van der Waals surface area (Å²) in [5, 5.41) is 19.9. The maximum Gasteiger partial charge on any atom is 0.242 e. The minimum atomic E-state index is -3.63. The van der Waals surface area contributed by atoms with Gasteiger partial charge < -0.3 is 21.1 Å². The van der Waals surface area contributed by atoms with Crippen molar-refractivity contribution in [1.29, 1.82) is 0 Å². The number of anilines is 2. The highest BCUT2D eigenvalue weighted by atomic mass is 32.2. The van der Waals surface area contributed by atoms with E-state index in [1.807, 2.05) is 0 Å². The van der Waals surface area contributed by atoms with E-state index >= 15 is 0 Å². The van der Waals surface area contributed by atoms with Gasteiger partial charge in [-0.2, -0.15) is 4.98 Å². The van der Waals surface area contributed by atoms with Crippen molar-refractivity contribution in [2.75, 3.05) is 36.8 Å². The fourth-order valence-corrected chi connectivity index (χ4v) is 5.71. The third kappa shape index (κ3) is 7.34. The van der Waals surface area contributed by atoms with Gasteiger partial charge in [0.1, 0.15) is 10.7 Å². The van der Waals surface area contributed by atoms with E-state index in [0.29, 0.717) is 35.5 Å². The predicted octanol–water partition coefficient (Wildman–Crippen LogP) is 2.74. The van der Waals surface area contributed by atoms with E-state index < -0.39 is 10.0 Å². The second-order valence-electron chi connectivity index (χ2n) is 9.81. The molecule has 11 heteroatoms. The molecule has 2 aromatic rings. The van der Waals surface area contributed by atoms with Crippen LogP contribution in [0.5, 0.6) is 0 Å². The Hall–Kier alpha value is -2.34. The number of nitrogens with one attached hydrogen (secondary N) is 4. The van der Waals surface area contributed by atoms with E-state index in [4.69, 9.17) is 4.98 Å². The summed E-state index contributed by atoms with van der Waals surface area (Å²) in [5.74, 6) is 1.56. The third-order valence-corrected chi connectivity index (χ3v) is 8.39. The zero-order valence-electron chi connectivity index (χ0n) is 21.0. The van der Waals surface area contributed by atoms with Crippen molar-refractivity contribution < 1.29 is 13.5 Å². The summed E-state index contributed by atoms with van der Waals surface area (Å²) in [7, 11) is -3.63. The first-order valence-corrected chi connectivity index (χ1v) is 14.6. The van der Waals surface area contributed by atoms with Gasteiger partial charge in [0.05, 0.1) is 17.4 Å². The second-order valence-corrected chi connectivity index (χ2v) is 11.6. The first kappa shape index (κ1) is 26.7. The highest BCUT2D eigenvalue weighted by Crippen LogP contribution is 2.29. The van der Waals surface area contributed by atoms with Crippen LogP contribution in [-0.4, -0.2) is 66.8 Å². The number of sulfonamides is 1. The topological polar surface area (TPSA) is 141 Å². The smallest absolute Gasteiger partial charge is 0.242 e. The summed E-state index contributed by atoms with van der Waals surface area (Å²) < 4.78 is 28.4. The number of hydrogen-bond acceptors (Lipinski definition) is 9. The van der Waals surface area contributed by atoms with Gasteiger partial charge in [0.2, 0.25) is 16.0 Å². The van der Waals surface area contributed by atoms with E-state index in [-0.39, 0.29) is 17.0 Å². The Labute approximate surface area is 214 Å². The number of unbranched alkanes of at least 4 members (excludes halogenated alkanes) is 1. The molecule has 3 heterocycles. The van der Waals surface area contributed by atoms with Crippen molar-refractivity contribution in [3.05, 3.63) is 24.5 Å². The highest BCUT2D eigenvalue weighted by molar-refractivity contribution is 7.89. The molecule has 0 aromatic carbocycles. The number of rotatable bonds is 11. The predicted molar refractivity (Wildman–Crippen MR) is 141 cm³/mol. The van der Waals surface area contributed by atoms with Crippen molar-refractivity contribution in [3.63, 3.8) is 0 Å². The largest absolute Gasteiger partial charge is 0.393 e. The van der Waals surface area contributed by atoms with Gasteiger partial charge in [-0.3, -0.25) is 4.98 Å². The Bertz CT molecular complexity index is 1070. The molecule has 0 spiro atoms. The monoisotopic (exact) mass is 517 g/mol. The molecule has 2 aromatic heterocycles. The molecule has 1 aliphatic carbocycles. The van der Waals surface area contributed by atoms with Gasteiger partial charge in [0.15, 0.2) is 0 Å². The highest BCUT2D eigenvalue weighted by Gasteiger charge is 2.23. The Morgan fingerprint density at radius 1 is 1.06 bits per heavy atom. The Balaban J connectivity index is 1.50. The van der Waals surface area contributed by atoms with Crippen LogP contribution in [0.1, 0.15) is 58.3 Å². The van der Waals surface area contributed by atoms with E-state index in [1.165, 1.54) is 6.20 Å². The van der Waals surface area contributed by atoms with Crippen molar-refractivity contribution in [1.82, 2.24) is 25.0 Å². The van der Waals surface area contributed by atoms with E-state index in [2.05, 4.69) is 37.6 Å². The van der Waals surface area contributed by atoms with Gasteiger partial charge in [-0.1, -0.05) is 13.3 Å². The number of hydrogen-bond donors (Lipinski definition) is 5. The Morgan fingerprint density at radius 3 is 2.53 bits per heavy atom. The Kier molecular flexibility index (Phi) is 9.47. The number of piperidine rings is 1. The lowest BCUT2D eigenvalue weighted by Gasteiger charge is -2.27. The molecular weight excluding hydrogens is 478 g/mol. The van der Waals surface area contributed by atoms with E-state index in [9.17, 15) is 13.5 Å². The second kappa shape index (κ2) is 12.8. The molecule has 36 heavy (non-hydrogen) atoms. The van der Waals surface area contributed by atoms with Crippen LogP contribution in [0.3, 0.4) is 0 Å². The van der Waals surface area contributed by atoms with Crippen molar-refractivity contribution in [3.8, 4) is 11.3 Å². The molecule has 1 saturated heterocycles. The lowest BCUT2D eigenvalue weighted by molar-refractivity contribution is 0.126. The minimum absolute atomic E-state index is 0.148. The molecule has 0 unspecified atom stereocenters. The van der Waals surface area contributed by atoms with Gasteiger partial charge in [0, 0.05) is 31.5 Å². The molecule has 198 valence electrons. The van der Waals surface area contributed by atoms with Crippen LogP contribution in [0, 0.1) is 5.92 Å². The quantitative estimate of drug-likeness (QED) is 0.284. The summed E-state index contributed by atoms with van der Waals surface area (Å²) in [6.45, 7) is 5.22. The molecule has 4 rings (SSSR count). The van der Waals surface area contributed by atoms with Gasteiger partial charge >= 0.3 is 0 Å². The zero-order valence-corrected chi connectivity index (χ0v) is 21.9. The molecule has 10 nitrogen and oxygen atoms in total. The van der Waals surface area contributed by atoms with Gasteiger partial charge in [-0.15, -0.1) is 0 Å². The fraction of sp³-hybridized carbons (Fsp3) is 0.640. The molecule has 5 N–H and O–H groups in total. The number of nitrogens with zero attached hydrogens (tertiary/aromatic N) is 3. The summed E-state index contributed by atoms with van der Waals surface area (Å²) in [5.41, 5.74) is 1.32. The molecule has 1 aliphatic heterocycles. The Morgan fingerprint density at radius 2 is 1.83 bits per heavy atom. The standard InChI is InChI=1S/C25H39N7O3S/c1-2-3-12-27-25-29-17-22(24(32-25)31-19-4-6-20(33)7-5-19)23-9-8-21(16-28-23)36(34,35)30-15-18-10-13-26-14-11-18/h8-9,16-20,26,30,33H,2-7,10-15H2,1H3,(H2,27,29,31,32). The van der Waals surface area contributed by atoms with Crippen LogP contribution in [0.15, 0.2) is 29.4 Å². The van der Waals surface area contributed by atoms with Crippen molar-refractivity contribution in [2.45, 2.75) is 75.3 Å². The molecule has 2 aliphatic rings. The number of aliphatic hydroxyl groups is 1. The first-order valence-electron chi connectivity index (χ1n) is 13.2. The van der Waals surface area contributed by atoms with Crippen molar-refractivity contribution in [2.24, 2.45) is 5.92 Å². The van der Waals surface area contributed by atoms with Crippen LogP contribution in [0.2, 0.25) is 0 Å². The first-order chi connectivity index (χ1) is 17.4. The maximum absolute atomic E-state index is 12.8. The van der Waals surface area contributed by atoms with Gasteiger partial charge in [0.25, 0.3) is 0 Å². The van der Waals surface area contributed by atoms with E-state index in [0.717, 1.165) is 71.0 Å². The van der Waals surface area contributed by atoms with E-state index in [1.54, 1.807) is 18.3 Å². The molecular formula is C25H39N7O3S. The van der Waals surface area contributed by atoms with Crippen LogP contribution < -0.4 is 20.7 Å². The average Bonchev–Trinajstić information content (AvgIpc) is 2.90. The normalized spacial score (nSPS) is 21.3. The average molecular weight is 518 g/mol. The van der Waals surface area contributed by atoms with Crippen molar-refractivity contribution >= 4 is 21.8 Å². The van der Waals surface area contributed by atoms with Crippen LogP contribution in [0.4, 0.5) is 11.8 Å². The molecule has 0 bridgehead atoms. The molecule has 0 amide bonds. The lowest BCUT2D eigenvalue weighted by atomic mass is 9.93. The molecule has 0 radical (unpaired) electrons. The number of pyridine rings is 1. The van der Waals surface area contributed by atoms with Crippen LogP contribution >= 0.6 is 0 Å². The number of aromatic nitrogens is 3. The molecule has 1 saturated carbocycles. The van der Waals surface area contributed by atoms with Crippen LogP contribution in [-0.2, 0) is 10.0 Å². The lowest BCUT2D eigenvalue weighted by Crippen LogP contribution is -2.36. The van der Waals surface area contributed by atoms with Gasteiger partial charge in [-0.05, 0) is 76.1 Å². The number of aliphatic hydroxyl groups excluding tert-OH is 1. The minimum Gasteiger partial charge on any atom is -0.393 e. The summed E-state index contributed by atoms with van der Waals surface area (Å²) in [6, 6.07) is 3.49. The fourth-order valence-electron chi connectivity index (χ4n) is 4.65. The van der Waals surface area contributed by atoms with Crippen LogP contribution in [0.25, 0.3) is 11.3 Å². The zero-order chi connectivity index (χ0) is 25.4. The third-order valence-electron chi connectivity index (χ3n) is 6.98. The molecule has 2 fully saturated rings. The summed E-state index contributed by atoms with van der Waals surface area (Å²) >= 11 is 0. The van der Waals surface area contributed by atoms with Gasteiger partial charge in [-0.25, -0.2) is 18.1 Å². The summed E-state index contributed by atoms with van der Waals surface area (Å²) in [6.07, 6.45) is 10.2. The SMILES string of the molecule is CCCCNc1ncc(-c2ccc(S(=O)(=O)NCC3CCNCC3)cn2)c(NC2CCC(O)CC2)n1. The summed E-state index contributed by atoms with van der Waals surface area (Å²) in [4.78, 5) is 13.8. The molecule has 0 atom stereocenters.